The Morgan fingerprint density at radius 3 is 1.77 bits per heavy atom. The van der Waals surface area contributed by atoms with Crippen molar-refractivity contribution in [3.8, 4) is 0 Å². The van der Waals surface area contributed by atoms with E-state index in [0.29, 0.717) is 0 Å². The van der Waals surface area contributed by atoms with Crippen LogP contribution in [-0.2, 0) is 12.8 Å². The van der Waals surface area contributed by atoms with Gasteiger partial charge < -0.3 is 0 Å². The average molecular weight is 188 g/mol. The van der Waals surface area contributed by atoms with Crippen LogP contribution in [0.15, 0.2) is 12.1 Å². The Hall–Kier alpha value is -0.563. The van der Waals surface area contributed by atoms with Crippen molar-refractivity contribution in [2.75, 3.05) is 0 Å². The lowest BCUT2D eigenvalue weighted by Crippen LogP contribution is -2.22. The first kappa shape index (κ1) is 7.81. The van der Waals surface area contributed by atoms with Crippen molar-refractivity contribution in [2.45, 2.75) is 38.0 Å². The van der Waals surface area contributed by atoms with Crippen LogP contribution >= 0.6 is 0 Å². The van der Waals surface area contributed by atoms with Gasteiger partial charge in [-0.2, -0.15) is 0 Å². The van der Waals surface area contributed by atoms with Gasteiger partial charge in [-0.25, -0.2) is 0 Å². The standard InChI is InChI=1S/C12H16Si/c1-13(2,3)12-10-6-8-4-5-9(8)7-11(10)12/h6-7,12H,4-5H2,1-3H3. The fraction of sp³-hybridized carbons (Fsp3) is 0.500. The molecule has 0 radical (unpaired) electrons. The smallest absolute Gasteiger partial charge is 0.0573 e. The Labute approximate surface area is 81.0 Å². The third-order valence-electron chi connectivity index (χ3n) is 3.47. The highest BCUT2D eigenvalue weighted by Crippen LogP contribution is 2.51. The number of hydrogen-bond donors (Lipinski definition) is 0. The molecule has 0 nitrogen and oxygen atoms in total. The molecular weight excluding hydrogens is 172 g/mol. The van der Waals surface area contributed by atoms with Crippen LogP contribution in [0.5, 0.6) is 0 Å². The summed E-state index contributed by atoms with van der Waals surface area (Å²) in [6.07, 6.45) is 2.67. The van der Waals surface area contributed by atoms with E-state index >= 15 is 0 Å². The highest BCUT2D eigenvalue weighted by Gasteiger charge is 2.43. The maximum absolute atomic E-state index is 2.48. The minimum atomic E-state index is -0.946. The van der Waals surface area contributed by atoms with Gasteiger partial charge in [-0.05, 0) is 35.1 Å². The maximum atomic E-state index is 2.48. The molecule has 1 heteroatoms. The Morgan fingerprint density at radius 2 is 1.46 bits per heavy atom. The summed E-state index contributed by atoms with van der Waals surface area (Å²) in [4.78, 5) is 0. The maximum Gasteiger partial charge on any atom is 0.0573 e. The van der Waals surface area contributed by atoms with E-state index in [-0.39, 0.29) is 0 Å². The van der Waals surface area contributed by atoms with Crippen molar-refractivity contribution in [1.82, 2.24) is 0 Å². The van der Waals surface area contributed by atoms with Crippen LogP contribution in [0.2, 0.25) is 19.6 Å². The van der Waals surface area contributed by atoms with Crippen molar-refractivity contribution >= 4 is 8.07 Å². The predicted octanol–water partition coefficient (Wildman–Crippen LogP) is 3.11. The van der Waals surface area contributed by atoms with Gasteiger partial charge >= 0.3 is 0 Å². The first-order valence-electron chi connectivity index (χ1n) is 5.23. The molecule has 0 spiro atoms. The molecule has 0 bridgehead atoms. The van der Waals surface area contributed by atoms with Crippen LogP contribution in [0.3, 0.4) is 0 Å². The minimum Gasteiger partial charge on any atom is -0.0688 e. The number of fused-ring (bicyclic) bond motifs is 2. The minimum absolute atomic E-state index is 0.901. The van der Waals surface area contributed by atoms with Crippen molar-refractivity contribution in [3.05, 3.63) is 34.4 Å². The third kappa shape index (κ3) is 0.968. The molecular formula is C12H16Si. The fourth-order valence-corrected chi connectivity index (χ4v) is 4.92. The normalized spacial score (nSPS) is 19.0. The lowest BCUT2D eigenvalue weighted by molar-refractivity contribution is 0.841. The molecule has 2 aliphatic rings. The van der Waals surface area contributed by atoms with E-state index in [1.165, 1.54) is 12.8 Å². The summed E-state index contributed by atoms with van der Waals surface area (Å²) < 4.78 is 0. The molecule has 0 unspecified atom stereocenters. The summed E-state index contributed by atoms with van der Waals surface area (Å²) in [5.41, 5.74) is 7.56. The van der Waals surface area contributed by atoms with E-state index < -0.39 is 8.07 Å². The van der Waals surface area contributed by atoms with Gasteiger partial charge in [-0.15, -0.1) is 0 Å². The number of rotatable bonds is 1. The molecule has 0 aromatic heterocycles. The lowest BCUT2D eigenvalue weighted by atomic mass is 9.89. The summed E-state index contributed by atoms with van der Waals surface area (Å²) in [5, 5.41) is 0. The quantitative estimate of drug-likeness (QED) is 0.594. The zero-order valence-corrected chi connectivity index (χ0v) is 9.65. The summed E-state index contributed by atoms with van der Waals surface area (Å²) in [6.45, 7) is 7.44. The number of aryl methyl sites for hydroxylation is 2. The summed E-state index contributed by atoms with van der Waals surface area (Å²) >= 11 is 0. The van der Waals surface area contributed by atoms with Crippen molar-refractivity contribution in [3.63, 3.8) is 0 Å². The second-order valence-electron chi connectivity index (χ2n) is 5.55. The first-order chi connectivity index (χ1) is 6.07. The molecule has 0 heterocycles. The summed E-state index contributed by atoms with van der Waals surface area (Å²) in [5.74, 6) is 0. The van der Waals surface area contributed by atoms with Gasteiger partial charge in [0, 0.05) is 5.54 Å². The molecule has 0 aliphatic heterocycles. The number of hydrogen-bond acceptors (Lipinski definition) is 0. The van der Waals surface area contributed by atoms with E-state index in [4.69, 9.17) is 0 Å². The largest absolute Gasteiger partial charge is 0.0688 e. The molecule has 0 fully saturated rings. The SMILES string of the molecule is C[Si](C)(C)C1c2cc3c(cc21)CC3. The Balaban J connectivity index is 2.03. The molecule has 0 N–H and O–H groups in total. The Bertz CT molecular complexity index is 354. The zero-order valence-electron chi connectivity index (χ0n) is 8.65. The van der Waals surface area contributed by atoms with E-state index in [0.717, 1.165) is 5.54 Å². The topological polar surface area (TPSA) is 0 Å². The lowest BCUT2D eigenvalue weighted by Gasteiger charge is -2.16. The molecule has 68 valence electrons. The average Bonchev–Trinajstić information content (AvgIpc) is 2.65. The van der Waals surface area contributed by atoms with Crippen molar-refractivity contribution in [2.24, 2.45) is 0 Å². The number of benzene rings is 1. The predicted molar refractivity (Wildman–Crippen MR) is 59.0 cm³/mol. The Kier molecular flexibility index (Phi) is 1.25. The summed E-state index contributed by atoms with van der Waals surface area (Å²) in [6, 6.07) is 4.97. The van der Waals surface area contributed by atoms with Gasteiger partial charge in [0.25, 0.3) is 0 Å². The van der Waals surface area contributed by atoms with Gasteiger partial charge in [0.15, 0.2) is 0 Å². The molecule has 1 aromatic carbocycles. The highest BCUT2D eigenvalue weighted by atomic mass is 28.3. The fourth-order valence-electron chi connectivity index (χ4n) is 2.64. The van der Waals surface area contributed by atoms with E-state index in [9.17, 15) is 0 Å². The first-order valence-corrected chi connectivity index (χ1v) is 8.81. The van der Waals surface area contributed by atoms with E-state index in [1.54, 1.807) is 22.3 Å². The van der Waals surface area contributed by atoms with Crippen LogP contribution in [0.25, 0.3) is 0 Å². The molecule has 0 atom stereocenters. The second-order valence-corrected chi connectivity index (χ2v) is 10.9. The van der Waals surface area contributed by atoms with E-state index in [2.05, 4.69) is 31.8 Å². The molecule has 1 aromatic rings. The van der Waals surface area contributed by atoms with Gasteiger partial charge in [-0.3, -0.25) is 0 Å². The third-order valence-corrected chi connectivity index (χ3v) is 5.83. The highest BCUT2D eigenvalue weighted by molar-refractivity contribution is 6.79. The molecule has 0 saturated heterocycles. The molecule has 13 heavy (non-hydrogen) atoms. The molecule has 0 saturated carbocycles. The molecule has 3 rings (SSSR count). The van der Waals surface area contributed by atoms with Crippen LogP contribution in [-0.4, -0.2) is 8.07 Å². The summed E-state index contributed by atoms with van der Waals surface area (Å²) in [7, 11) is -0.946. The van der Waals surface area contributed by atoms with Crippen LogP contribution < -0.4 is 0 Å². The van der Waals surface area contributed by atoms with Gasteiger partial charge in [0.05, 0.1) is 8.07 Å². The van der Waals surface area contributed by atoms with Gasteiger partial charge in [-0.1, -0.05) is 31.8 Å². The van der Waals surface area contributed by atoms with Crippen LogP contribution in [0.1, 0.15) is 27.8 Å². The molecule has 2 aliphatic carbocycles. The van der Waals surface area contributed by atoms with Gasteiger partial charge in [0.1, 0.15) is 0 Å². The van der Waals surface area contributed by atoms with E-state index in [1.807, 2.05) is 0 Å². The van der Waals surface area contributed by atoms with Crippen LogP contribution in [0.4, 0.5) is 0 Å². The van der Waals surface area contributed by atoms with Crippen LogP contribution in [0, 0.1) is 0 Å². The molecule has 0 amide bonds. The van der Waals surface area contributed by atoms with Crippen molar-refractivity contribution in [1.29, 1.82) is 0 Å². The zero-order chi connectivity index (χ0) is 9.22. The monoisotopic (exact) mass is 188 g/mol. The van der Waals surface area contributed by atoms with Crippen molar-refractivity contribution < 1.29 is 0 Å². The van der Waals surface area contributed by atoms with Gasteiger partial charge in [0.2, 0.25) is 0 Å². The Morgan fingerprint density at radius 1 is 1.00 bits per heavy atom. The second kappa shape index (κ2) is 2.09.